The van der Waals surface area contributed by atoms with Crippen molar-refractivity contribution in [3.63, 3.8) is 0 Å². The van der Waals surface area contributed by atoms with E-state index in [4.69, 9.17) is 10.5 Å². The summed E-state index contributed by atoms with van der Waals surface area (Å²) in [5.41, 5.74) is 13.2. The van der Waals surface area contributed by atoms with Gasteiger partial charge < -0.3 is 10.5 Å². The van der Waals surface area contributed by atoms with E-state index < -0.39 is 0 Å². The van der Waals surface area contributed by atoms with Crippen molar-refractivity contribution in [1.82, 2.24) is 10.9 Å². The molecule has 1 saturated heterocycles. The van der Waals surface area contributed by atoms with Gasteiger partial charge in [0.05, 0.1) is 12.2 Å². The number of ether oxygens (including phenoxy) is 1. The summed E-state index contributed by atoms with van der Waals surface area (Å²) in [5, 5.41) is 0. The lowest BCUT2D eigenvalue weighted by atomic mass is 9.86. The van der Waals surface area contributed by atoms with Crippen LogP contribution >= 0.6 is 0 Å². The molecule has 0 bridgehead atoms. The molecule has 0 spiro atoms. The summed E-state index contributed by atoms with van der Waals surface area (Å²) in [4.78, 5) is 0. The van der Waals surface area contributed by atoms with Crippen molar-refractivity contribution < 1.29 is 4.74 Å². The van der Waals surface area contributed by atoms with Gasteiger partial charge in [0.25, 0.3) is 0 Å². The Hall–Kier alpha value is -1.10. The molecule has 18 heavy (non-hydrogen) atoms. The molecule has 1 fully saturated rings. The highest BCUT2D eigenvalue weighted by molar-refractivity contribution is 5.38. The maximum Gasteiger partial charge on any atom is 0.123 e. The average Bonchev–Trinajstić information content (AvgIpc) is 2.72. The third kappa shape index (κ3) is 3.22. The first kappa shape index (κ1) is 13.3. The third-order valence-electron chi connectivity index (χ3n) is 3.15. The fraction of sp³-hybridized carbons (Fsp3) is 0.571. The largest absolute Gasteiger partial charge is 0.492 e. The Kier molecular flexibility index (Phi) is 3.90. The van der Waals surface area contributed by atoms with E-state index in [1.807, 2.05) is 12.1 Å². The van der Waals surface area contributed by atoms with Gasteiger partial charge in [0.2, 0.25) is 0 Å². The fourth-order valence-corrected chi connectivity index (χ4v) is 2.16. The maximum atomic E-state index is 5.94. The monoisotopic (exact) mass is 249 g/mol. The summed E-state index contributed by atoms with van der Waals surface area (Å²) < 4.78 is 5.94. The van der Waals surface area contributed by atoms with Crippen molar-refractivity contribution in [2.45, 2.75) is 44.8 Å². The first-order valence-corrected chi connectivity index (χ1v) is 6.46. The Morgan fingerprint density at radius 1 is 1.28 bits per heavy atom. The fourth-order valence-electron chi connectivity index (χ4n) is 2.16. The molecule has 4 nitrogen and oxygen atoms in total. The number of nitrogens with two attached hydrogens (primary N) is 1. The van der Waals surface area contributed by atoms with Crippen LogP contribution in [-0.4, -0.2) is 18.8 Å². The van der Waals surface area contributed by atoms with Crippen molar-refractivity contribution in [3.8, 4) is 5.75 Å². The minimum Gasteiger partial charge on any atom is -0.492 e. The lowest BCUT2D eigenvalue weighted by molar-refractivity contribution is 0.267. The molecule has 0 saturated carbocycles. The molecule has 4 N–H and O–H groups in total. The highest BCUT2D eigenvalue weighted by Crippen LogP contribution is 2.31. The Bertz CT molecular complexity index is 400. The van der Waals surface area contributed by atoms with Crippen LogP contribution in [0.15, 0.2) is 24.3 Å². The predicted molar refractivity (Wildman–Crippen MR) is 73.3 cm³/mol. The zero-order valence-corrected chi connectivity index (χ0v) is 11.4. The first-order chi connectivity index (χ1) is 8.47. The first-order valence-electron chi connectivity index (χ1n) is 6.46. The molecule has 1 aromatic carbocycles. The number of hydrogen-bond acceptors (Lipinski definition) is 4. The van der Waals surface area contributed by atoms with Gasteiger partial charge in [-0.2, -0.15) is 0 Å². The molecule has 2 atom stereocenters. The van der Waals surface area contributed by atoms with Gasteiger partial charge in [-0.25, -0.2) is 10.9 Å². The zero-order valence-electron chi connectivity index (χ0n) is 11.4. The summed E-state index contributed by atoms with van der Waals surface area (Å²) in [6.45, 7) is 7.22. The molecule has 0 radical (unpaired) electrons. The predicted octanol–water partition coefficient (Wildman–Crippen LogP) is 1.51. The molecular formula is C14H23N3O. The van der Waals surface area contributed by atoms with Crippen LogP contribution in [0, 0.1) is 0 Å². The summed E-state index contributed by atoms with van der Waals surface area (Å²) in [6.07, 6.45) is 0.911. The summed E-state index contributed by atoms with van der Waals surface area (Å²) in [6, 6.07) is 8.49. The molecule has 0 aliphatic carbocycles. The summed E-state index contributed by atoms with van der Waals surface area (Å²) in [5.74, 6) is 0.965. The van der Waals surface area contributed by atoms with E-state index >= 15 is 0 Å². The second kappa shape index (κ2) is 5.26. The van der Waals surface area contributed by atoms with Crippen LogP contribution in [-0.2, 0) is 5.41 Å². The van der Waals surface area contributed by atoms with Crippen molar-refractivity contribution in [3.05, 3.63) is 29.8 Å². The molecule has 2 rings (SSSR count). The number of hydrogen-bond donors (Lipinski definition) is 3. The van der Waals surface area contributed by atoms with Gasteiger partial charge in [0.1, 0.15) is 12.4 Å². The molecule has 1 aliphatic rings. The minimum atomic E-state index is 0.0245. The van der Waals surface area contributed by atoms with Crippen LogP contribution < -0.4 is 21.3 Å². The van der Waals surface area contributed by atoms with Gasteiger partial charge in [0, 0.05) is 0 Å². The second-order valence-corrected chi connectivity index (χ2v) is 5.88. The van der Waals surface area contributed by atoms with E-state index in [1.165, 1.54) is 5.56 Å². The van der Waals surface area contributed by atoms with Gasteiger partial charge in [-0.1, -0.05) is 39.0 Å². The normalized spacial score (nSPS) is 24.2. The lowest BCUT2D eigenvalue weighted by Crippen LogP contribution is -2.38. The highest BCUT2D eigenvalue weighted by Gasteiger charge is 2.23. The Labute approximate surface area is 109 Å². The van der Waals surface area contributed by atoms with Gasteiger partial charge in [-0.3, -0.25) is 0 Å². The standard InChI is InChI=1S/C14H23N3O/c1-14(2,3)11-6-4-5-7-12(11)18-9-10-8-13(15)17-16-10/h4-7,10,13,16-17H,8-9,15H2,1-3H3. The van der Waals surface area contributed by atoms with E-state index in [1.54, 1.807) is 0 Å². The van der Waals surface area contributed by atoms with Crippen LogP contribution in [0.3, 0.4) is 0 Å². The quantitative estimate of drug-likeness (QED) is 0.760. The molecule has 1 aliphatic heterocycles. The van der Waals surface area contributed by atoms with Crippen LogP contribution in [0.5, 0.6) is 5.75 Å². The van der Waals surface area contributed by atoms with E-state index in [0.29, 0.717) is 6.61 Å². The number of benzene rings is 1. The van der Waals surface area contributed by atoms with Gasteiger partial charge >= 0.3 is 0 Å². The average molecular weight is 249 g/mol. The number of rotatable bonds is 3. The Balaban J connectivity index is 2.01. The van der Waals surface area contributed by atoms with Crippen molar-refractivity contribution in [2.75, 3.05) is 6.61 Å². The van der Waals surface area contributed by atoms with E-state index in [9.17, 15) is 0 Å². The van der Waals surface area contributed by atoms with E-state index in [-0.39, 0.29) is 17.6 Å². The topological polar surface area (TPSA) is 59.3 Å². The number of nitrogens with one attached hydrogen (secondary N) is 2. The third-order valence-corrected chi connectivity index (χ3v) is 3.15. The van der Waals surface area contributed by atoms with Crippen LogP contribution in [0.4, 0.5) is 0 Å². The zero-order chi connectivity index (χ0) is 13.2. The molecule has 0 aromatic heterocycles. The van der Waals surface area contributed by atoms with E-state index in [2.05, 4.69) is 43.8 Å². The minimum absolute atomic E-state index is 0.0245. The number of hydrazine groups is 1. The molecule has 0 amide bonds. The number of para-hydroxylation sites is 1. The smallest absolute Gasteiger partial charge is 0.123 e. The maximum absolute atomic E-state index is 5.94. The molecule has 1 aromatic rings. The second-order valence-electron chi connectivity index (χ2n) is 5.88. The molecule has 100 valence electrons. The Morgan fingerprint density at radius 3 is 2.61 bits per heavy atom. The Morgan fingerprint density at radius 2 is 2.00 bits per heavy atom. The van der Waals surface area contributed by atoms with Crippen LogP contribution in [0.25, 0.3) is 0 Å². The van der Waals surface area contributed by atoms with Crippen molar-refractivity contribution >= 4 is 0 Å². The highest BCUT2D eigenvalue weighted by atomic mass is 16.5. The molecule has 1 heterocycles. The molecule has 4 heteroatoms. The summed E-state index contributed by atoms with van der Waals surface area (Å²) >= 11 is 0. The van der Waals surface area contributed by atoms with Crippen molar-refractivity contribution in [2.24, 2.45) is 5.73 Å². The summed E-state index contributed by atoms with van der Waals surface area (Å²) in [7, 11) is 0. The SMILES string of the molecule is CC(C)(C)c1ccccc1OCC1CC(N)NN1. The van der Waals surface area contributed by atoms with Gasteiger partial charge in [0.15, 0.2) is 0 Å². The van der Waals surface area contributed by atoms with Crippen LogP contribution in [0.1, 0.15) is 32.8 Å². The molecular weight excluding hydrogens is 226 g/mol. The van der Waals surface area contributed by atoms with Crippen LogP contribution in [0.2, 0.25) is 0 Å². The van der Waals surface area contributed by atoms with E-state index in [0.717, 1.165) is 12.2 Å². The van der Waals surface area contributed by atoms with Gasteiger partial charge in [-0.15, -0.1) is 0 Å². The lowest BCUT2D eigenvalue weighted by Gasteiger charge is -2.23. The van der Waals surface area contributed by atoms with Crippen molar-refractivity contribution in [1.29, 1.82) is 0 Å². The molecule has 2 unspecified atom stereocenters. The van der Waals surface area contributed by atoms with Gasteiger partial charge in [-0.05, 0) is 23.5 Å².